The van der Waals surface area contributed by atoms with Gasteiger partial charge in [-0.25, -0.2) is 4.98 Å². The summed E-state index contributed by atoms with van der Waals surface area (Å²) in [6, 6.07) is 11.1. The van der Waals surface area contributed by atoms with E-state index in [1.807, 2.05) is 22.9 Å². The number of aromatic nitrogens is 3. The van der Waals surface area contributed by atoms with Gasteiger partial charge in [0.05, 0.1) is 13.1 Å². The molecule has 4 rings (SSSR count). The van der Waals surface area contributed by atoms with E-state index >= 15 is 0 Å². The minimum atomic E-state index is 0.261. The van der Waals surface area contributed by atoms with E-state index in [0.717, 1.165) is 45.3 Å². The molecule has 6 nitrogen and oxygen atoms in total. The van der Waals surface area contributed by atoms with Crippen molar-refractivity contribution in [2.75, 3.05) is 13.1 Å². The van der Waals surface area contributed by atoms with Gasteiger partial charge >= 0.3 is 0 Å². The van der Waals surface area contributed by atoms with Crippen LogP contribution < -0.4 is 0 Å². The summed E-state index contributed by atoms with van der Waals surface area (Å²) < 4.78 is 1.87. The van der Waals surface area contributed by atoms with Gasteiger partial charge in [-0.15, -0.1) is 0 Å². The molecule has 0 radical (unpaired) electrons. The van der Waals surface area contributed by atoms with Crippen LogP contribution in [0.4, 0.5) is 0 Å². The van der Waals surface area contributed by atoms with Crippen LogP contribution in [-0.4, -0.2) is 55.6 Å². The fraction of sp³-hybridized carbons (Fsp3) is 0.526. The maximum atomic E-state index is 13.0. The van der Waals surface area contributed by atoms with Gasteiger partial charge in [0.2, 0.25) is 5.91 Å². The van der Waals surface area contributed by atoms with Crippen LogP contribution in [0.5, 0.6) is 0 Å². The maximum Gasteiger partial charge on any atom is 0.237 e. The van der Waals surface area contributed by atoms with Gasteiger partial charge in [0.1, 0.15) is 12.7 Å². The highest BCUT2D eigenvalue weighted by atomic mass is 16.2. The Morgan fingerprint density at radius 1 is 1.20 bits per heavy atom. The van der Waals surface area contributed by atoms with Crippen LogP contribution >= 0.6 is 0 Å². The molecule has 1 amide bonds. The maximum absolute atomic E-state index is 13.0. The summed E-state index contributed by atoms with van der Waals surface area (Å²) in [6.07, 6.45) is 7.87. The SMILES string of the molecule is O=C(CN1CCCC1Cn1cncn1)N(Cc1ccccc1)C1CC1. The van der Waals surface area contributed by atoms with Gasteiger partial charge < -0.3 is 4.90 Å². The lowest BCUT2D eigenvalue weighted by Crippen LogP contribution is -2.44. The van der Waals surface area contributed by atoms with Gasteiger partial charge in [-0.05, 0) is 37.8 Å². The predicted octanol–water partition coefficient (Wildman–Crippen LogP) is 1.93. The van der Waals surface area contributed by atoms with E-state index in [9.17, 15) is 4.79 Å². The second-order valence-electron chi connectivity index (χ2n) is 7.12. The Bertz CT molecular complexity index is 683. The Morgan fingerprint density at radius 3 is 2.76 bits per heavy atom. The van der Waals surface area contributed by atoms with E-state index in [2.05, 4.69) is 32.0 Å². The summed E-state index contributed by atoms with van der Waals surface area (Å²) in [5, 5.41) is 4.21. The van der Waals surface area contributed by atoms with E-state index in [-0.39, 0.29) is 5.91 Å². The smallest absolute Gasteiger partial charge is 0.237 e. The molecule has 1 atom stereocenters. The molecular weight excluding hydrogens is 314 g/mol. The van der Waals surface area contributed by atoms with E-state index in [0.29, 0.717) is 18.6 Å². The molecule has 1 aliphatic heterocycles. The summed E-state index contributed by atoms with van der Waals surface area (Å²) in [7, 11) is 0. The van der Waals surface area contributed by atoms with Crippen LogP contribution in [0.1, 0.15) is 31.2 Å². The quantitative estimate of drug-likeness (QED) is 0.773. The number of hydrogen-bond acceptors (Lipinski definition) is 4. The van der Waals surface area contributed by atoms with E-state index in [1.165, 1.54) is 5.56 Å². The van der Waals surface area contributed by atoms with Crippen LogP contribution in [0.15, 0.2) is 43.0 Å². The fourth-order valence-electron chi connectivity index (χ4n) is 3.70. The minimum Gasteiger partial charge on any atom is -0.334 e. The number of benzene rings is 1. The number of rotatable bonds is 7. The fourth-order valence-corrected chi connectivity index (χ4v) is 3.70. The highest BCUT2D eigenvalue weighted by Crippen LogP contribution is 2.29. The average Bonchev–Trinajstić information content (AvgIpc) is 3.17. The zero-order valence-corrected chi connectivity index (χ0v) is 14.5. The lowest BCUT2D eigenvalue weighted by Gasteiger charge is -2.28. The van der Waals surface area contributed by atoms with Crippen LogP contribution in [0.2, 0.25) is 0 Å². The van der Waals surface area contributed by atoms with Crippen molar-refractivity contribution in [2.45, 2.75) is 50.9 Å². The summed E-state index contributed by atoms with van der Waals surface area (Å²) in [6.45, 7) is 3.05. The summed E-state index contributed by atoms with van der Waals surface area (Å²) >= 11 is 0. The normalized spacial score (nSPS) is 20.7. The van der Waals surface area contributed by atoms with Crippen molar-refractivity contribution in [3.63, 3.8) is 0 Å². The first kappa shape index (κ1) is 16.3. The monoisotopic (exact) mass is 339 g/mol. The second kappa shape index (κ2) is 7.35. The summed E-state index contributed by atoms with van der Waals surface area (Å²) in [5.41, 5.74) is 1.21. The minimum absolute atomic E-state index is 0.261. The molecule has 2 aliphatic rings. The second-order valence-corrected chi connectivity index (χ2v) is 7.12. The number of amides is 1. The van der Waals surface area contributed by atoms with Crippen molar-refractivity contribution in [2.24, 2.45) is 0 Å². The number of nitrogens with zero attached hydrogens (tertiary/aromatic N) is 5. The lowest BCUT2D eigenvalue weighted by molar-refractivity contribution is -0.134. The molecule has 2 fully saturated rings. The molecular formula is C19H25N5O. The molecule has 1 saturated carbocycles. The van der Waals surface area contributed by atoms with Crippen LogP contribution in [0.3, 0.4) is 0 Å². The Kier molecular flexibility index (Phi) is 4.78. The molecule has 0 N–H and O–H groups in total. The van der Waals surface area contributed by atoms with Gasteiger partial charge in [0.25, 0.3) is 0 Å². The molecule has 1 aliphatic carbocycles. The Labute approximate surface area is 148 Å². The number of hydrogen-bond donors (Lipinski definition) is 0. The van der Waals surface area contributed by atoms with Gasteiger partial charge in [-0.1, -0.05) is 30.3 Å². The third-order valence-corrected chi connectivity index (χ3v) is 5.21. The van der Waals surface area contributed by atoms with E-state index in [1.54, 1.807) is 12.7 Å². The van der Waals surface area contributed by atoms with Crippen LogP contribution in [0.25, 0.3) is 0 Å². The molecule has 1 aromatic heterocycles. The molecule has 2 aromatic rings. The molecule has 0 bridgehead atoms. The van der Waals surface area contributed by atoms with E-state index < -0.39 is 0 Å². The van der Waals surface area contributed by atoms with Crippen molar-refractivity contribution < 1.29 is 4.79 Å². The summed E-state index contributed by atoms with van der Waals surface area (Å²) in [4.78, 5) is 21.4. The van der Waals surface area contributed by atoms with Crippen molar-refractivity contribution in [1.82, 2.24) is 24.6 Å². The molecule has 25 heavy (non-hydrogen) atoms. The van der Waals surface area contributed by atoms with Crippen molar-refractivity contribution in [3.8, 4) is 0 Å². The third kappa shape index (κ3) is 4.07. The van der Waals surface area contributed by atoms with Crippen LogP contribution in [-0.2, 0) is 17.9 Å². The lowest BCUT2D eigenvalue weighted by atomic mass is 10.2. The van der Waals surface area contributed by atoms with Gasteiger partial charge in [0.15, 0.2) is 0 Å². The number of carbonyl (C=O) groups excluding carboxylic acids is 1. The zero-order valence-electron chi connectivity index (χ0n) is 14.5. The molecule has 1 aromatic carbocycles. The largest absolute Gasteiger partial charge is 0.334 e. The van der Waals surface area contributed by atoms with Gasteiger partial charge in [-0.2, -0.15) is 5.10 Å². The molecule has 132 valence electrons. The summed E-state index contributed by atoms with van der Waals surface area (Å²) in [5.74, 6) is 0.261. The topological polar surface area (TPSA) is 54.3 Å². The van der Waals surface area contributed by atoms with Crippen molar-refractivity contribution >= 4 is 5.91 Å². The van der Waals surface area contributed by atoms with Crippen molar-refractivity contribution in [3.05, 3.63) is 48.5 Å². The Hall–Kier alpha value is -2.21. The predicted molar refractivity (Wildman–Crippen MR) is 94.6 cm³/mol. The highest BCUT2D eigenvalue weighted by molar-refractivity contribution is 5.79. The molecule has 0 spiro atoms. The first-order valence-corrected chi connectivity index (χ1v) is 9.19. The number of carbonyl (C=O) groups is 1. The Balaban J connectivity index is 1.38. The first-order chi connectivity index (χ1) is 12.3. The van der Waals surface area contributed by atoms with Crippen molar-refractivity contribution in [1.29, 1.82) is 0 Å². The standard InChI is InChI=1S/C19H25N5O/c25-19(24(17-8-9-17)11-16-5-2-1-3-6-16)13-22-10-4-7-18(22)12-23-15-20-14-21-23/h1-3,5-6,14-15,17-18H,4,7-13H2. The first-order valence-electron chi connectivity index (χ1n) is 9.19. The molecule has 1 unspecified atom stereocenters. The van der Waals surface area contributed by atoms with Gasteiger partial charge in [-0.3, -0.25) is 14.4 Å². The molecule has 2 heterocycles. The Morgan fingerprint density at radius 2 is 2.04 bits per heavy atom. The van der Waals surface area contributed by atoms with Crippen LogP contribution in [0, 0.1) is 0 Å². The average molecular weight is 339 g/mol. The molecule has 6 heteroatoms. The highest BCUT2D eigenvalue weighted by Gasteiger charge is 2.35. The number of likely N-dealkylation sites (tertiary alicyclic amines) is 1. The zero-order chi connectivity index (χ0) is 17.1. The molecule has 1 saturated heterocycles. The van der Waals surface area contributed by atoms with Gasteiger partial charge in [0, 0.05) is 18.6 Å². The third-order valence-electron chi connectivity index (χ3n) is 5.21. The van der Waals surface area contributed by atoms with E-state index in [4.69, 9.17) is 0 Å².